The van der Waals surface area contributed by atoms with Crippen molar-refractivity contribution in [2.24, 2.45) is 0 Å². The summed E-state index contributed by atoms with van der Waals surface area (Å²) in [6, 6.07) is 9.82. The van der Waals surface area contributed by atoms with E-state index in [1.807, 2.05) is 37.3 Å². The number of pyridine rings is 1. The van der Waals surface area contributed by atoms with Gasteiger partial charge in [-0.05, 0) is 38.6 Å². The van der Waals surface area contributed by atoms with Gasteiger partial charge in [0.1, 0.15) is 0 Å². The number of nitrogens with zero attached hydrogens (tertiary/aromatic N) is 6. The summed E-state index contributed by atoms with van der Waals surface area (Å²) in [5, 5.41) is 12.4. The maximum Gasteiger partial charge on any atom is 0.273 e. The van der Waals surface area contributed by atoms with E-state index in [1.165, 1.54) is 0 Å². The van der Waals surface area contributed by atoms with Crippen molar-refractivity contribution in [1.82, 2.24) is 35.1 Å². The summed E-state index contributed by atoms with van der Waals surface area (Å²) >= 11 is 0. The van der Waals surface area contributed by atoms with Gasteiger partial charge in [-0.1, -0.05) is 30.3 Å². The fourth-order valence-electron chi connectivity index (χ4n) is 3.94. The van der Waals surface area contributed by atoms with Crippen LogP contribution in [0.3, 0.4) is 0 Å². The van der Waals surface area contributed by atoms with E-state index in [1.54, 1.807) is 10.9 Å². The van der Waals surface area contributed by atoms with Crippen molar-refractivity contribution in [1.29, 1.82) is 0 Å². The SMILES string of the molecule is CCN1CCN(CCCNC(=O)c2nnn(-c3cccc4cccnc34)c2C)CC1. The number of aromatic nitrogens is 4. The van der Waals surface area contributed by atoms with Crippen molar-refractivity contribution in [2.75, 3.05) is 45.8 Å². The summed E-state index contributed by atoms with van der Waals surface area (Å²) in [5.41, 5.74) is 2.73. The largest absolute Gasteiger partial charge is 0.351 e. The van der Waals surface area contributed by atoms with Crippen molar-refractivity contribution in [3.8, 4) is 5.69 Å². The van der Waals surface area contributed by atoms with Crippen LogP contribution in [0.25, 0.3) is 16.6 Å². The molecule has 30 heavy (non-hydrogen) atoms. The Labute approximate surface area is 176 Å². The van der Waals surface area contributed by atoms with E-state index >= 15 is 0 Å². The van der Waals surface area contributed by atoms with Crippen molar-refractivity contribution in [3.63, 3.8) is 0 Å². The molecule has 2 aromatic heterocycles. The molecular weight excluding hydrogens is 378 g/mol. The van der Waals surface area contributed by atoms with Gasteiger partial charge in [0.15, 0.2) is 5.69 Å². The molecule has 1 amide bonds. The van der Waals surface area contributed by atoms with E-state index in [2.05, 4.69) is 37.3 Å². The van der Waals surface area contributed by atoms with Gasteiger partial charge in [0.05, 0.1) is 16.9 Å². The van der Waals surface area contributed by atoms with Crippen molar-refractivity contribution >= 4 is 16.8 Å². The summed E-state index contributed by atoms with van der Waals surface area (Å²) in [6.45, 7) is 11.3. The molecule has 0 radical (unpaired) electrons. The number of piperazine rings is 1. The second-order valence-electron chi connectivity index (χ2n) is 7.67. The number of benzene rings is 1. The average molecular weight is 408 g/mol. The zero-order valence-corrected chi connectivity index (χ0v) is 17.7. The first-order valence-electron chi connectivity index (χ1n) is 10.7. The summed E-state index contributed by atoms with van der Waals surface area (Å²) < 4.78 is 1.69. The van der Waals surface area contributed by atoms with Crippen LogP contribution in [0.2, 0.25) is 0 Å². The van der Waals surface area contributed by atoms with Gasteiger partial charge in [0.25, 0.3) is 5.91 Å². The molecule has 1 aliphatic heterocycles. The Morgan fingerprint density at radius 2 is 1.87 bits per heavy atom. The molecule has 0 saturated carbocycles. The van der Waals surface area contributed by atoms with Crippen molar-refractivity contribution in [2.45, 2.75) is 20.3 Å². The molecule has 1 aromatic carbocycles. The molecule has 158 valence electrons. The molecule has 0 bridgehead atoms. The number of likely N-dealkylation sites (N-methyl/N-ethyl adjacent to an activating group) is 1. The lowest BCUT2D eigenvalue weighted by Gasteiger charge is -2.33. The Kier molecular flexibility index (Phi) is 6.35. The van der Waals surface area contributed by atoms with E-state index in [-0.39, 0.29) is 5.91 Å². The Hall–Kier alpha value is -2.84. The van der Waals surface area contributed by atoms with Gasteiger partial charge in [0, 0.05) is 44.3 Å². The lowest BCUT2D eigenvalue weighted by molar-refractivity contribution is 0.0942. The first-order chi connectivity index (χ1) is 14.7. The maximum absolute atomic E-state index is 12.6. The van der Waals surface area contributed by atoms with E-state index < -0.39 is 0 Å². The average Bonchev–Trinajstić information content (AvgIpc) is 3.17. The van der Waals surface area contributed by atoms with Crippen LogP contribution in [0.1, 0.15) is 29.5 Å². The third-order valence-electron chi connectivity index (χ3n) is 5.80. The molecule has 0 unspecified atom stereocenters. The second kappa shape index (κ2) is 9.32. The summed E-state index contributed by atoms with van der Waals surface area (Å²) in [6.07, 6.45) is 2.69. The predicted octanol–water partition coefficient (Wildman–Crippen LogP) is 1.88. The topological polar surface area (TPSA) is 79.2 Å². The van der Waals surface area contributed by atoms with Crippen molar-refractivity contribution in [3.05, 3.63) is 47.9 Å². The first-order valence-corrected chi connectivity index (χ1v) is 10.7. The van der Waals surface area contributed by atoms with Crippen LogP contribution in [0.4, 0.5) is 0 Å². The van der Waals surface area contributed by atoms with E-state index in [9.17, 15) is 4.79 Å². The van der Waals surface area contributed by atoms with Gasteiger partial charge in [-0.15, -0.1) is 5.10 Å². The minimum absolute atomic E-state index is 0.178. The highest BCUT2D eigenvalue weighted by atomic mass is 16.2. The number of carbonyl (C=O) groups is 1. The lowest BCUT2D eigenvalue weighted by atomic mass is 10.2. The third kappa shape index (κ3) is 4.34. The van der Waals surface area contributed by atoms with Crippen LogP contribution in [-0.2, 0) is 0 Å². The zero-order chi connectivity index (χ0) is 20.9. The van der Waals surface area contributed by atoms with Gasteiger partial charge >= 0.3 is 0 Å². The van der Waals surface area contributed by atoms with Crippen LogP contribution in [0.15, 0.2) is 36.5 Å². The molecule has 8 heteroatoms. The molecule has 0 atom stereocenters. The third-order valence-corrected chi connectivity index (χ3v) is 5.80. The molecule has 1 saturated heterocycles. The second-order valence-corrected chi connectivity index (χ2v) is 7.67. The number of para-hydroxylation sites is 1. The van der Waals surface area contributed by atoms with E-state index in [4.69, 9.17) is 0 Å². The fourth-order valence-corrected chi connectivity index (χ4v) is 3.94. The number of carbonyl (C=O) groups excluding carboxylic acids is 1. The number of hydrogen-bond donors (Lipinski definition) is 1. The number of fused-ring (bicyclic) bond motifs is 1. The van der Waals surface area contributed by atoms with Gasteiger partial charge in [-0.25, -0.2) is 4.68 Å². The minimum Gasteiger partial charge on any atom is -0.351 e. The van der Waals surface area contributed by atoms with Crippen LogP contribution in [0, 0.1) is 6.92 Å². The molecule has 4 rings (SSSR count). The predicted molar refractivity (Wildman–Crippen MR) is 117 cm³/mol. The number of amides is 1. The number of hydrogen-bond acceptors (Lipinski definition) is 6. The van der Waals surface area contributed by atoms with Gasteiger partial charge in [-0.3, -0.25) is 9.78 Å². The van der Waals surface area contributed by atoms with Gasteiger partial charge < -0.3 is 15.1 Å². The number of rotatable bonds is 7. The number of nitrogens with one attached hydrogen (secondary N) is 1. The maximum atomic E-state index is 12.6. The molecule has 3 heterocycles. The summed E-state index contributed by atoms with van der Waals surface area (Å²) in [7, 11) is 0. The highest BCUT2D eigenvalue weighted by Gasteiger charge is 2.19. The van der Waals surface area contributed by atoms with Crippen LogP contribution in [-0.4, -0.2) is 81.5 Å². The Morgan fingerprint density at radius 1 is 1.10 bits per heavy atom. The zero-order valence-electron chi connectivity index (χ0n) is 17.7. The highest BCUT2D eigenvalue weighted by Crippen LogP contribution is 2.21. The Balaban J connectivity index is 1.35. The van der Waals surface area contributed by atoms with Crippen molar-refractivity contribution < 1.29 is 4.79 Å². The normalized spacial score (nSPS) is 15.5. The highest BCUT2D eigenvalue weighted by molar-refractivity contribution is 5.93. The lowest BCUT2D eigenvalue weighted by Crippen LogP contribution is -2.46. The molecule has 8 nitrogen and oxygen atoms in total. The minimum atomic E-state index is -0.178. The molecule has 0 spiro atoms. The summed E-state index contributed by atoms with van der Waals surface area (Å²) in [4.78, 5) is 22.0. The molecule has 0 aliphatic carbocycles. The molecule has 1 aliphatic rings. The summed E-state index contributed by atoms with van der Waals surface area (Å²) in [5.74, 6) is -0.178. The molecule has 1 fully saturated rings. The standard InChI is InChI=1S/C22H29N7O/c1-3-27-13-15-28(16-14-27)12-6-11-24-22(30)20-17(2)29(26-25-20)19-9-4-7-18-8-5-10-23-21(18)19/h4-5,7-10H,3,6,11-16H2,1-2H3,(H,24,30). The van der Waals surface area contributed by atoms with Gasteiger partial charge in [0.2, 0.25) is 0 Å². The smallest absolute Gasteiger partial charge is 0.273 e. The monoisotopic (exact) mass is 407 g/mol. The van der Waals surface area contributed by atoms with Crippen LogP contribution >= 0.6 is 0 Å². The van der Waals surface area contributed by atoms with Crippen LogP contribution < -0.4 is 5.32 Å². The van der Waals surface area contributed by atoms with Gasteiger partial charge in [-0.2, -0.15) is 0 Å². The quantitative estimate of drug-likeness (QED) is 0.603. The Morgan fingerprint density at radius 3 is 2.67 bits per heavy atom. The van der Waals surface area contributed by atoms with E-state index in [0.29, 0.717) is 17.9 Å². The molecule has 3 aromatic rings. The molecular formula is C22H29N7O. The van der Waals surface area contributed by atoms with E-state index in [0.717, 1.165) is 62.3 Å². The molecule has 1 N–H and O–H groups in total. The van der Waals surface area contributed by atoms with Crippen LogP contribution in [0.5, 0.6) is 0 Å². The Bertz CT molecular complexity index is 1000. The first kappa shape index (κ1) is 20.4. The fraction of sp³-hybridized carbons (Fsp3) is 0.455.